The average molecular weight is 194 g/mol. The minimum absolute atomic E-state index is 0.540. The quantitative estimate of drug-likeness (QED) is 0.536. The van der Waals surface area contributed by atoms with Crippen molar-refractivity contribution in [1.29, 1.82) is 0 Å². The van der Waals surface area contributed by atoms with E-state index in [1.807, 2.05) is 0 Å². The van der Waals surface area contributed by atoms with E-state index in [9.17, 15) is 0 Å². The van der Waals surface area contributed by atoms with Crippen LogP contribution in [-0.4, -0.2) is 7.28 Å². The van der Waals surface area contributed by atoms with Crippen LogP contribution in [0, 0.1) is 0 Å². The fourth-order valence-corrected chi connectivity index (χ4v) is 2.79. The van der Waals surface area contributed by atoms with Crippen molar-refractivity contribution in [1.82, 2.24) is 0 Å². The molecule has 0 amide bonds. The maximum atomic E-state index is 2.39. The second-order valence-corrected chi connectivity index (χ2v) is 6.33. The van der Waals surface area contributed by atoms with Crippen LogP contribution in [0.4, 0.5) is 0 Å². The second-order valence-electron chi connectivity index (χ2n) is 6.33. The molecule has 0 nitrogen and oxygen atoms in total. The largest absolute Gasteiger partial charge is 0.130 e. The highest BCUT2D eigenvalue weighted by Gasteiger charge is 2.20. The van der Waals surface area contributed by atoms with E-state index >= 15 is 0 Å². The number of hydrogen-bond donors (Lipinski definition) is 0. The van der Waals surface area contributed by atoms with Gasteiger partial charge in [0.05, 0.1) is 0 Å². The zero-order valence-electron chi connectivity index (χ0n) is 10.4. The Morgan fingerprint density at radius 3 is 1.64 bits per heavy atom. The van der Waals surface area contributed by atoms with Crippen molar-refractivity contribution < 1.29 is 0 Å². The van der Waals surface area contributed by atoms with Gasteiger partial charge in [0.25, 0.3) is 0 Å². The summed E-state index contributed by atoms with van der Waals surface area (Å²) in [6.07, 6.45) is 11.9. The Bertz CT molecular complexity index is 136. The molecule has 0 aliphatic heterocycles. The maximum Gasteiger partial charge on any atom is 0.130 e. The van der Waals surface area contributed by atoms with Gasteiger partial charge in [-0.1, -0.05) is 83.3 Å². The van der Waals surface area contributed by atoms with E-state index in [1.54, 1.807) is 0 Å². The van der Waals surface area contributed by atoms with E-state index in [4.69, 9.17) is 0 Å². The van der Waals surface area contributed by atoms with Gasteiger partial charge in [0, 0.05) is 0 Å². The highest BCUT2D eigenvalue weighted by atomic mass is 14.1. The predicted octanol–water partition coefficient (Wildman–Crippen LogP) is 4.56. The molecule has 0 saturated heterocycles. The van der Waals surface area contributed by atoms with Crippen molar-refractivity contribution in [3.8, 4) is 0 Å². The molecule has 0 aromatic heterocycles. The average Bonchev–Trinajstić information content (AvgIpc) is 2.15. The summed E-state index contributed by atoms with van der Waals surface area (Å²) in [6.45, 7) is 7.17. The highest BCUT2D eigenvalue weighted by molar-refractivity contribution is 6.41. The smallest absolute Gasteiger partial charge is 0.0671 e. The second kappa shape index (κ2) is 5.83. The van der Waals surface area contributed by atoms with Gasteiger partial charge < -0.3 is 0 Å². The number of hydrogen-bond acceptors (Lipinski definition) is 0. The Morgan fingerprint density at radius 1 is 0.786 bits per heavy atom. The molecule has 0 N–H and O–H groups in total. The number of rotatable bonds is 1. The van der Waals surface area contributed by atoms with Gasteiger partial charge in [-0.25, -0.2) is 0 Å². The lowest BCUT2D eigenvalue weighted by molar-refractivity contribution is 0.597. The third-order valence-electron chi connectivity index (χ3n) is 3.38. The van der Waals surface area contributed by atoms with Crippen LogP contribution in [0.5, 0.6) is 0 Å². The molecule has 0 atom stereocenters. The van der Waals surface area contributed by atoms with Crippen LogP contribution in [0.15, 0.2) is 0 Å². The Labute approximate surface area is 91.1 Å². The van der Waals surface area contributed by atoms with Gasteiger partial charge in [-0.2, -0.15) is 0 Å². The van der Waals surface area contributed by atoms with E-state index in [0.29, 0.717) is 5.31 Å². The normalized spacial score (nSPS) is 22.2. The molecule has 0 bridgehead atoms. The predicted molar refractivity (Wildman–Crippen MR) is 67.6 cm³/mol. The van der Waals surface area contributed by atoms with Crippen molar-refractivity contribution >= 4 is 7.28 Å². The van der Waals surface area contributed by atoms with Gasteiger partial charge >= 0.3 is 0 Å². The van der Waals surface area contributed by atoms with Gasteiger partial charge in [-0.3, -0.25) is 0 Å². The van der Waals surface area contributed by atoms with Crippen LogP contribution in [0.25, 0.3) is 0 Å². The zero-order chi connectivity index (χ0) is 10.4. The Hall–Kier alpha value is 0.0649. The third-order valence-corrected chi connectivity index (χ3v) is 3.38. The molecular weight excluding hydrogens is 167 g/mol. The van der Waals surface area contributed by atoms with Crippen LogP contribution in [-0.2, 0) is 0 Å². The molecule has 0 spiro atoms. The monoisotopic (exact) mass is 194 g/mol. The minimum Gasteiger partial charge on any atom is -0.0671 e. The molecule has 82 valence electrons. The summed E-state index contributed by atoms with van der Waals surface area (Å²) >= 11 is 0. The van der Waals surface area contributed by atoms with Crippen LogP contribution < -0.4 is 0 Å². The first kappa shape index (κ1) is 12.1. The lowest BCUT2D eigenvalue weighted by Crippen LogP contribution is -2.15. The first-order valence-corrected chi connectivity index (χ1v) is 6.58. The Balaban J connectivity index is 2.32. The lowest BCUT2D eigenvalue weighted by Gasteiger charge is -2.24. The minimum atomic E-state index is 0.540. The van der Waals surface area contributed by atoms with Crippen molar-refractivity contribution in [3.05, 3.63) is 0 Å². The molecule has 1 aliphatic carbocycles. The van der Waals surface area contributed by atoms with E-state index in [2.05, 4.69) is 20.8 Å². The standard InChI is InChI=1S/C13H27B/c1-13(2,3)14-12-10-8-6-4-5-7-9-11-12/h12,14H,4-11H2,1-3H3. The summed E-state index contributed by atoms with van der Waals surface area (Å²) in [5.41, 5.74) is 0. The first-order chi connectivity index (χ1) is 6.58. The van der Waals surface area contributed by atoms with E-state index in [-0.39, 0.29) is 0 Å². The van der Waals surface area contributed by atoms with E-state index in [0.717, 1.165) is 5.82 Å². The van der Waals surface area contributed by atoms with Crippen LogP contribution >= 0.6 is 0 Å². The molecule has 0 aromatic rings. The van der Waals surface area contributed by atoms with Crippen LogP contribution in [0.2, 0.25) is 11.1 Å². The molecule has 0 unspecified atom stereocenters. The third kappa shape index (κ3) is 5.72. The molecule has 1 aliphatic rings. The molecule has 1 rings (SSSR count). The zero-order valence-corrected chi connectivity index (χ0v) is 10.4. The molecule has 0 aromatic carbocycles. The van der Waals surface area contributed by atoms with Crippen molar-refractivity contribution in [2.45, 2.75) is 83.3 Å². The van der Waals surface area contributed by atoms with E-state index in [1.165, 1.54) is 58.6 Å². The molecule has 0 radical (unpaired) electrons. The Morgan fingerprint density at radius 2 is 1.21 bits per heavy atom. The van der Waals surface area contributed by atoms with Gasteiger partial charge in [0.15, 0.2) is 0 Å². The van der Waals surface area contributed by atoms with Gasteiger partial charge in [0.1, 0.15) is 7.28 Å². The maximum absolute atomic E-state index is 2.39. The molecule has 1 fully saturated rings. The first-order valence-electron chi connectivity index (χ1n) is 6.58. The molecule has 1 heteroatoms. The molecule has 14 heavy (non-hydrogen) atoms. The lowest BCUT2D eigenvalue weighted by atomic mass is 9.46. The van der Waals surface area contributed by atoms with Gasteiger partial charge in [-0.15, -0.1) is 0 Å². The fraction of sp³-hybridized carbons (Fsp3) is 1.00. The summed E-state index contributed by atoms with van der Waals surface area (Å²) in [4.78, 5) is 0. The van der Waals surface area contributed by atoms with E-state index < -0.39 is 0 Å². The summed E-state index contributed by atoms with van der Waals surface area (Å²) in [7, 11) is 1.44. The summed E-state index contributed by atoms with van der Waals surface area (Å²) in [6, 6.07) is 0. The summed E-state index contributed by atoms with van der Waals surface area (Å²) < 4.78 is 0. The van der Waals surface area contributed by atoms with Crippen molar-refractivity contribution in [3.63, 3.8) is 0 Å². The van der Waals surface area contributed by atoms with Crippen LogP contribution in [0.3, 0.4) is 0 Å². The highest BCUT2D eigenvalue weighted by Crippen LogP contribution is 2.33. The summed E-state index contributed by atoms with van der Waals surface area (Å²) in [5, 5.41) is 0.540. The SMILES string of the molecule is CC(C)(C)BC1CCCCCCCC1. The molecule has 0 heterocycles. The topological polar surface area (TPSA) is 0 Å². The molecule has 1 saturated carbocycles. The van der Waals surface area contributed by atoms with Crippen LogP contribution in [0.1, 0.15) is 72.1 Å². The van der Waals surface area contributed by atoms with Gasteiger partial charge in [0.2, 0.25) is 0 Å². The summed E-state index contributed by atoms with van der Waals surface area (Å²) in [5.74, 6) is 1.02. The van der Waals surface area contributed by atoms with Crippen molar-refractivity contribution in [2.24, 2.45) is 0 Å². The molecular formula is C13H27B. The Kier molecular flexibility index (Phi) is 5.05. The van der Waals surface area contributed by atoms with Gasteiger partial charge in [-0.05, 0) is 0 Å². The van der Waals surface area contributed by atoms with Crippen molar-refractivity contribution in [2.75, 3.05) is 0 Å². The fourth-order valence-electron chi connectivity index (χ4n) is 2.79.